The van der Waals surface area contributed by atoms with Gasteiger partial charge in [-0.05, 0) is 41.2 Å². The zero-order chi connectivity index (χ0) is 10.8. The molecule has 2 aromatic rings. The van der Waals surface area contributed by atoms with E-state index in [-0.39, 0.29) is 0 Å². The number of tetrazole rings is 1. The van der Waals surface area contributed by atoms with E-state index >= 15 is 0 Å². The van der Waals surface area contributed by atoms with Crippen molar-refractivity contribution in [3.05, 3.63) is 12.1 Å². The lowest BCUT2D eigenvalue weighted by molar-refractivity contribution is 0.671. The van der Waals surface area contributed by atoms with Crippen molar-refractivity contribution in [3.8, 4) is 0 Å². The van der Waals surface area contributed by atoms with E-state index in [1.54, 1.807) is 0 Å². The van der Waals surface area contributed by atoms with Crippen molar-refractivity contribution in [1.82, 2.24) is 25.3 Å². The van der Waals surface area contributed by atoms with Crippen LogP contribution < -0.4 is 5.32 Å². The lowest BCUT2D eigenvalue weighted by atomic mass is 10.2. The highest BCUT2D eigenvalue weighted by Crippen LogP contribution is 2.19. The van der Waals surface area contributed by atoms with Gasteiger partial charge in [0.15, 0.2) is 5.65 Å². The van der Waals surface area contributed by atoms with Crippen LogP contribution >= 0.6 is 11.8 Å². The molecular formula is C9H12N6S. The van der Waals surface area contributed by atoms with E-state index in [4.69, 9.17) is 0 Å². The Morgan fingerprint density at radius 3 is 3.31 bits per heavy atom. The predicted molar refractivity (Wildman–Crippen MR) is 62.5 cm³/mol. The van der Waals surface area contributed by atoms with Crippen LogP contribution in [0.3, 0.4) is 0 Å². The summed E-state index contributed by atoms with van der Waals surface area (Å²) < 4.78 is 1.44. The molecule has 0 bridgehead atoms. The van der Waals surface area contributed by atoms with Gasteiger partial charge in [0.25, 0.3) is 0 Å². The van der Waals surface area contributed by atoms with Crippen LogP contribution in [0, 0.1) is 0 Å². The van der Waals surface area contributed by atoms with Crippen LogP contribution in [0.1, 0.15) is 12.8 Å². The van der Waals surface area contributed by atoms with Crippen molar-refractivity contribution in [2.45, 2.75) is 18.9 Å². The van der Waals surface area contributed by atoms with E-state index in [2.05, 4.69) is 25.9 Å². The van der Waals surface area contributed by atoms with Gasteiger partial charge in [-0.25, -0.2) is 0 Å². The highest BCUT2D eigenvalue weighted by atomic mass is 32.2. The average molecular weight is 236 g/mol. The third-order valence-electron chi connectivity index (χ3n) is 2.58. The minimum atomic E-state index is 0.514. The fourth-order valence-corrected chi connectivity index (χ4v) is 2.86. The summed E-state index contributed by atoms with van der Waals surface area (Å²) in [6, 6.07) is 4.30. The van der Waals surface area contributed by atoms with Crippen LogP contribution in [0.15, 0.2) is 12.1 Å². The van der Waals surface area contributed by atoms with E-state index in [1.807, 2.05) is 23.9 Å². The quantitative estimate of drug-likeness (QED) is 0.833. The maximum Gasteiger partial charge on any atom is 0.200 e. The molecule has 0 spiro atoms. The SMILES string of the molecule is c1cc2nnnn2nc1NC1CCCSC1. The molecule has 0 amide bonds. The molecule has 1 aliphatic heterocycles. The van der Waals surface area contributed by atoms with E-state index in [0.717, 1.165) is 11.6 Å². The standard InChI is InChI=1S/C9H12N6S/c1-2-7(6-16-5-1)10-8-3-4-9-11-13-14-15(9)12-8/h3-4,7H,1-2,5-6H2,(H,10,12). The second-order valence-corrected chi connectivity index (χ2v) is 4.95. The van der Waals surface area contributed by atoms with Gasteiger partial charge in [0.05, 0.1) is 0 Å². The second-order valence-electron chi connectivity index (χ2n) is 3.80. The zero-order valence-corrected chi connectivity index (χ0v) is 9.52. The molecule has 84 valence electrons. The summed E-state index contributed by atoms with van der Waals surface area (Å²) in [5.41, 5.74) is 0.670. The first-order chi connectivity index (χ1) is 7.92. The molecule has 1 fully saturated rings. The minimum Gasteiger partial charge on any atom is -0.365 e. The van der Waals surface area contributed by atoms with Crippen molar-refractivity contribution < 1.29 is 0 Å². The highest BCUT2D eigenvalue weighted by molar-refractivity contribution is 7.99. The fourth-order valence-electron chi connectivity index (χ4n) is 1.79. The number of nitrogens with one attached hydrogen (secondary N) is 1. The van der Waals surface area contributed by atoms with Crippen molar-refractivity contribution in [2.24, 2.45) is 0 Å². The molecule has 1 N–H and O–H groups in total. The Morgan fingerprint density at radius 2 is 2.44 bits per heavy atom. The van der Waals surface area contributed by atoms with E-state index in [0.29, 0.717) is 11.7 Å². The summed E-state index contributed by atoms with van der Waals surface area (Å²) in [5.74, 6) is 3.26. The monoisotopic (exact) mass is 236 g/mol. The molecule has 1 atom stereocenters. The van der Waals surface area contributed by atoms with Crippen molar-refractivity contribution in [3.63, 3.8) is 0 Å². The highest BCUT2D eigenvalue weighted by Gasteiger charge is 2.14. The average Bonchev–Trinajstić information content (AvgIpc) is 2.77. The van der Waals surface area contributed by atoms with Crippen LogP contribution in [-0.2, 0) is 0 Å². The third-order valence-corrected chi connectivity index (χ3v) is 3.80. The number of thioether (sulfide) groups is 1. The van der Waals surface area contributed by atoms with Crippen LogP contribution in [-0.4, -0.2) is 42.8 Å². The topological polar surface area (TPSA) is 68.0 Å². The Labute approximate surface area is 96.8 Å². The molecule has 2 aromatic heterocycles. The molecule has 0 saturated carbocycles. The fraction of sp³-hybridized carbons (Fsp3) is 0.556. The largest absolute Gasteiger partial charge is 0.365 e. The number of aromatic nitrogens is 5. The number of rotatable bonds is 2. The Morgan fingerprint density at radius 1 is 1.44 bits per heavy atom. The van der Waals surface area contributed by atoms with Crippen LogP contribution in [0.5, 0.6) is 0 Å². The molecular weight excluding hydrogens is 224 g/mol. The van der Waals surface area contributed by atoms with Gasteiger partial charge in [0.1, 0.15) is 5.82 Å². The Bertz CT molecular complexity index is 478. The first-order valence-electron chi connectivity index (χ1n) is 5.31. The molecule has 3 heterocycles. The summed E-state index contributed by atoms with van der Waals surface area (Å²) in [7, 11) is 0. The maximum atomic E-state index is 4.29. The van der Waals surface area contributed by atoms with Gasteiger partial charge >= 0.3 is 0 Å². The normalized spacial score (nSPS) is 21.1. The minimum absolute atomic E-state index is 0.514. The number of fused-ring (bicyclic) bond motifs is 1. The number of hydrogen-bond donors (Lipinski definition) is 1. The first kappa shape index (κ1) is 9.83. The van der Waals surface area contributed by atoms with Crippen molar-refractivity contribution in [2.75, 3.05) is 16.8 Å². The Balaban J connectivity index is 1.77. The molecule has 1 aliphatic rings. The molecule has 0 radical (unpaired) electrons. The van der Waals surface area contributed by atoms with E-state index in [9.17, 15) is 0 Å². The molecule has 7 heteroatoms. The second kappa shape index (κ2) is 4.25. The van der Waals surface area contributed by atoms with Gasteiger partial charge < -0.3 is 5.32 Å². The van der Waals surface area contributed by atoms with Gasteiger partial charge in [-0.15, -0.1) is 14.8 Å². The summed E-state index contributed by atoms with van der Waals surface area (Å²) >= 11 is 1.99. The van der Waals surface area contributed by atoms with E-state index < -0.39 is 0 Å². The number of nitrogens with zero attached hydrogens (tertiary/aromatic N) is 5. The number of anilines is 1. The summed E-state index contributed by atoms with van der Waals surface area (Å²) in [4.78, 5) is 0. The smallest absolute Gasteiger partial charge is 0.200 e. The van der Waals surface area contributed by atoms with Gasteiger partial charge in [0.2, 0.25) is 0 Å². The molecule has 3 rings (SSSR count). The van der Waals surface area contributed by atoms with Gasteiger partial charge in [-0.2, -0.15) is 11.8 Å². The van der Waals surface area contributed by atoms with Crippen molar-refractivity contribution in [1.29, 1.82) is 0 Å². The maximum absolute atomic E-state index is 4.29. The molecule has 0 aliphatic carbocycles. The van der Waals surface area contributed by atoms with Crippen LogP contribution in [0.25, 0.3) is 5.65 Å². The van der Waals surface area contributed by atoms with E-state index in [1.165, 1.54) is 23.2 Å². The third kappa shape index (κ3) is 1.95. The summed E-state index contributed by atoms with van der Waals surface area (Å²) in [6.45, 7) is 0. The van der Waals surface area contributed by atoms with Crippen molar-refractivity contribution >= 4 is 23.2 Å². The van der Waals surface area contributed by atoms with Gasteiger partial charge in [-0.3, -0.25) is 0 Å². The lowest BCUT2D eigenvalue weighted by Crippen LogP contribution is -2.26. The summed E-state index contributed by atoms with van der Waals surface area (Å²) in [6.07, 6.45) is 2.48. The summed E-state index contributed by atoms with van der Waals surface area (Å²) in [5, 5.41) is 18.8. The molecule has 0 aromatic carbocycles. The van der Waals surface area contributed by atoms with Gasteiger partial charge in [-0.1, -0.05) is 0 Å². The Hall–Kier alpha value is -1.37. The Kier molecular flexibility index (Phi) is 2.61. The zero-order valence-electron chi connectivity index (χ0n) is 8.70. The number of hydrogen-bond acceptors (Lipinski definition) is 6. The molecule has 1 unspecified atom stereocenters. The first-order valence-corrected chi connectivity index (χ1v) is 6.47. The molecule has 6 nitrogen and oxygen atoms in total. The van der Waals surface area contributed by atoms with Crippen LogP contribution in [0.2, 0.25) is 0 Å². The predicted octanol–water partition coefficient (Wildman–Crippen LogP) is 0.827. The van der Waals surface area contributed by atoms with Gasteiger partial charge in [0, 0.05) is 11.8 Å². The molecule has 1 saturated heterocycles. The van der Waals surface area contributed by atoms with Crippen LogP contribution in [0.4, 0.5) is 5.82 Å². The lowest BCUT2D eigenvalue weighted by Gasteiger charge is -2.22. The molecule has 16 heavy (non-hydrogen) atoms.